The minimum Gasteiger partial charge on any atom is -0.490 e. The van der Waals surface area contributed by atoms with Crippen LogP contribution in [-0.4, -0.2) is 74.8 Å². The monoisotopic (exact) mass is 1120 g/mol. The van der Waals surface area contributed by atoms with Crippen molar-refractivity contribution in [3.05, 3.63) is 118 Å². The largest absolute Gasteiger partial charge is 0.490 e. The molecule has 0 heterocycles. The fraction of sp³-hybridized carbons (Fsp3) is 0.477. The van der Waals surface area contributed by atoms with Crippen LogP contribution in [0.2, 0.25) is 0 Å². The van der Waals surface area contributed by atoms with Crippen molar-refractivity contribution in [2.45, 2.75) is 156 Å². The standard InChI is InChI=1S/C33H44O8.C32H42O8/c1-10-11-24-18-25(29(41-22(2)3)19-28(24)38-21-40-31(36)33(7,8)9)14-17-27(34)23-12-15-26(16-13-23)37-20-39-30(35)32(4,5)6;1-10-22-17-24(28(40-21(2)3)18-27(22)37-20-39-30(35)32(7,8)9)13-16-26(33)23-11-14-25(15-12-23)36-19-38-29(34)31(4,5)6/h12-19,22H,10-11,20-21H2,1-9H3;11-18,21H,10,19-20H2,1-9H3/b17-14+;16-13+. The summed E-state index contributed by atoms with van der Waals surface area (Å²) in [5.41, 5.74) is 1.71. The van der Waals surface area contributed by atoms with Crippen molar-refractivity contribution in [2.24, 2.45) is 21.7 Å². The van der Waals surface area contributed by atoms with Gasteiger partial charge < -0.3 is 47.4 Å². The van der Waals surface area contributed by atoms with Gasteiger partial charge in [-0.15, -0.1) is 0 Å². The summed E-state index contributed by atoms with van der Waals surface area (Å²) < 4.78 is 55.3. The van der Waals surface area contributed by atoms with Crippen LogP contribution in [0.5, 0.6) is 34.5 Å². The maximum atomic E-state index is 12.9. The predicted octanol–water partition coefficient (Wildman–Crippen LogP) is 14.0. The number of ether oxygens (including phenoxy) is 10. The fourth-order valence-corrected chi connectivity index (χ4v) is 6.65. The lowest BCUT2D eigenvalue weighted by Gasteiger charge is -2.19. The molecule has 0 aliphatic rings. The molecule has 4 rings (SSSR count). The van der Waals surface area contributed by atoms with Gasteiger partial charge in [0.15, 0.2) is 11.6 Å². The molecule has 0 radical (unpaired) electrons. The van der Waals surface area contributed by atoms with E-state index in [1.54, 1.807) is 156 Å². The molecule has 0 saturated carbocycles. The zero-order valence-corrected chi connectivity index (χ0v) is 50.9. The summed E-state index contributed by atoms with van der Waals surface area (Å²) in [7, 11) is 0. The van der Waals surface area contributed by atoms with Crippen LogP contribution in [0.1, 0.15) is 174 Å². The molecule has 0 aromatic heterocycles. The number of hydrogen-bond donors (Lipinski definition) is 0. The number of aryl methyl sites for hydroxylation is 2. The van der Waals surface area contributed by atoms with E-state index >= 15 is 0 Å². The molecule has 0 fully saturated rings. The molecule has 0 aliphatic carbocycles. The van der Waals surface area contributed by atoms with E-state index in [9.17, 15) is 28.8 Å². The number of esters is 4. The summed E-state index contributed by atoms with van der Waals surface area (Å²) in [6, 6.07) is 20.5. The summed E-state index contributed by atoms with van der Waals surface area (Å²) in [6.45, 7) is 32.1. The molecule has 0 amide bonds. The molecule has 16 heteroatoms. The molecule has 81 heavy (non-hydrogen) atoms. The average Bonchev–Trinajstić information content (AvgIpc) is 3.42. The van der Waals surface area contributed by atoms with Gasteiger partial charge in [-0.05, 0) is 220 Å². The molecule has 16 nitrogen and oxygen atoms in total. The molecule has 0 aliphatic heterocycles. The van der Waals surface area contributed by atoms with Crippen molar-refractivity contribution in [1.29, 1.82) is 0 Å². The molecule has 0 atom stereocenters. The Hall–Kier alpha value is -7.62. The van der Waals surface area contributed by atoms with Gasteiger partial charge in [0.05, 0.1) is 33.9 Å². The first kappa shape index (κ1) is 67.7. The molecule has 4 aromatic rings. The van der Waals surface area contributed by atoms with E-state index in [-0.39, 0.29) is 74.8 Å². The van der Waals surface area contributed by atoms with Crippen LogP contribution in [0.4, 0.5) is 0 Å². The average molecular weight is 1120 g/mol. The third kappa shape index (κ3) is 23.6. The second-order valence-corrected chi connectivity index (χ2v) is 23.7. The summed E-state index contributed by atoms with van der Waals surface area (Å²) in [5, 5.41) is 0. The van der Waals surface area contributed by atoms with Gasteiger partial charge in [0.2, 0.25) is 27.2 Å². The Bertz CT molecular complexity index is 2790. The second-order valence-electron chi connectivity index (χ2n) is 23.7. The molecule has 442 valence electrons. The van der Waals surface area contributed by atoms with Crippen molar-refractivity contribution in [2.75, 3.05) is 27.2 Å². The molecule has 0 spiro atoms. The van der Waals surface area contributed by atoms with Crippen LogP contribution < -0.4 is 28.4 Å². The predicted molar refractivity (Wildman–Crippen MR) is 312 cm³/mol. The van der Waals surface area contributed by atoms with Crippen molar-refractivity contribution in [3.63, 3.8) is 0 Å². The number of ketones is 2. The number of rotatable bonds is 25. The Morgan fingerprint density at radius 2 is 0.728 bits per heavy atom. The topological polar surface area (TPSA) is 195 Å². The van der Waals surface area contributed by atoms with E-state index in [1.165, 1.54) is 12.2 Å². The van der Waals surface area contributed by atoms with Gasteiger partial charge >= 0.3 is 23.9 Å². The summed E-state index contributed by atoms with van der Waals surface area (Å²) in [6.07, 6.45) is 8.43. The van der Waals surface area contributed by atoms with E-state index in [2.05, 4.69) is 6.92 Å². The van der Waals surface area contributed by atoms with Crippen LogP contribution in [-0.2, 0) is 51.0 Å². The number of benzene rings is 4. The van der Waals surface area contributed by atoms with Gasteiger partial charge in [-0.25, -0.2) is 0 Å². The Balaban J connectivity index is 0.000000425. The minimum atomic E-state index is -0.628. The van der Waals surface area contributed by atoms with Gasteiger partial charge in [0.1, 0.15) is 34.5 Å². The van der Waals surface area contributed by atoms with Crippen LogP contribution in [0.25, 0.3) is 12.2 Å². The van der Waals surface area contributed by atoms with E-state index in [1.807, 2.05) is 46.8 Å². The first-order valence-corrected chi connectivity index (χ1v) is 27.3. The lowest BCUT2D eigenvalue weighted by atomic mass is 9.97. The first-order valence-electron chi connectivity index (χ1n) is 27.3. The van der Waals surface area contributed by atoms with E-state index in [4.69, 9.17) is 47.4 Å². The van der Waals surface area contributed by atoms with Crippen molar-refractivity contribution < 1.29 is 76.1 Å². The molecule has 0 unspecified atom stereocenters. The highest BCUT2D eigenvalue weighted by molar-refractivity contribution is 6.07. The zero-order chi connectivity index (χ0) is 60.9. The Morgan fingerprint density at radius 1 is 0.420 bits per heavy atom. The first-order chi connectivity index (χ1) is 37.7. The second kappa shape index (κ2) is 30.8. The van der Waals surface area contributed by atoms with E-state index < -0.39 is 21.7 Å². The highest BCUT2D eigenvalue weighted by Crippen LogP contribution is 2.34. The Labute approximate surface area is 479 Å². The maximum absolute atomic E-state index is 12.9. The Kier molecular flexibility index (Phi) is 25.7. The number of carbonyl (C=O) groups is 6. The molecule has 0 saturated heterocycles. The van der Waals surface area contributed by atoms with Crippen LogP contribution in [0.3, 0.4) is 0 Å². The number of allylic oxidation sites excluding steroid dienone is 2. The van der Waals surface area contributed by atoms with Gasteiger partial charge in [0.25, 0.3) is 0 Å². The highest BCUT2D eigenvalue weighted by Gasteiger charge is 2.26. The lowest BCUT2D eigenvalue weighted by Crippen LogP contribution is -2.24. The summed E-state index contributed by atoms with van der Waals surface area (Å²) in [5.74, 6) is 1.34. The van der Waals surface area contributed by atoms with Crippen LogP contribution in [0, 0.1) is 21.7 Å². The normalized spacial score (nSPS) is 11.9. The molecular formula is C65H86O16. The van der Waals surface area contributed by atoms with Gasteiger partial charge in [-0.1, -0.05) is 20.3 Å². The van der Waals surface area contributed by atoms with Crippen molar-refractivity contribution in [3.8, 4) is 34.5 Å². The van der Waals surface area contributed by atoms with Crippen molar-refractivity contribution in [1.82, 2.24) is 0 Å². The lowest BCUT2D eigenvalue weighted by molar-refractivity contribution is -0.160. The third-order valence-electron chi connectivity index (χ3n) is 11.2. The third-order valence-corrected chi connectivity index (χ3v) is 11.2. The number of hydrogen-bond acceptors (Lipinski definition) is 16. The van der Waals surface area contributed by atoms with E-state index in [0.717, 1.165) is 35.1 Å². The quantitative estimate of drug-likeness (QED) is 0.0200. The molecular weight excluding hydrogens is 1040 g/mol. The molecule has 0 bridgehead atoms. The molecule has 0 N–H and O–H groups in total. The molecule has 4 aromatic carbocycles. The van der Waals surface area contributed by atoms with Gasteiger partial charge in [-0.3, -0.25) is 28.8 Å². The Morgan fingerprint density at radius 3 is 1.02 bits per heavy atom. The maximum Gasteiger partial charge on any atom is 0.314 e. The van der Waals surface area contributed by atoms with E-state index in [0.29, 0.717) is 52.0 Å². The minimum absolute atomic E-state index is 0.114. The van der Waals surface area contributed by atoms with Crippen LogP contribution in [0.15, 0.2) is 84.9 Å². The summed E-state index contributed by atoms with van der Waals surface area (Å²) >= 11 is 0. The number of carbonyl (C=O) groups excluding carboxylic acids is 6. The zero-order valence-electron chi connectivity index (χ0n) is 50.9. The fourth-order valence-electron chi connectivity index (χ4n) is 6.65. The summed E-state index contributed by atoms with van der Waals surface area (Å²) in [4.78, 5) is 73.7. The highest BCUT2D eigenvalue weighted by atomic mass is 16.7. The van der Waals surface area contributed by atoms with Crippen LogP contribution >= 0.6 is 0 Å². The smallest absolute Gasteiger partial charge is 0.314 e. The van der Waals surface area contributed by atoms with Gasteiger partial charge in [0, 0.05) is 34.4 Å². The van der Waals surface area contributed by atoms with Gasteiger partial charge in [-0.2, -0.15) is 0 Å². The SMILES string of the molecule is CCCc1cc(/C=C/C(=O)c2ccc(OCOC(=O)C(C)(C)C)cc2)c(OC(C)C)cc1OCOC(=O)C(C)(C)C.CCc1cc(/C=C/C(=O)c2ccc(OCOC(=O)C(C)(C)C)cc2)c(OC(C)C)cc1OCOC(=O)C(C)(C)C. The van der Waals surface area contributed by atoms with Crippen molar-refractivity contribution >= 4 is 47.6 Å².